The molecule has 4 nitrogen and oxygen atoms in total. The summed E-state index contributed by atoms with van der Waals surface area (Å²) in [6.07, 6.45) is 0. The molecule has 0 radical (unpaired) electrons. The van der Waals surface area contributed by atoms with Crippen molar-refractivity contribution in [3.05, 3.63) is 53.6 Å². The maximum absolute atomic E-state index is 9.45. The molecule has 106 valence electrons. The van der Waals surface area contributed by atoms with E-state index in [1.165, 1.54) is 6.07 Å². The van der Waals surface area contributed by atoms with Crippen molar-refractivity contribution in [3.63, 3.8) is 0 Å². The van der Waals surface area contributed by atoms with Crippen molar-refractivity contribution in [2.45, 2.75) is 19.5 Å². The van der Waals surface area contributed by atoms with Gasteiger partial charge in [-0.1, -0.05) is 18.2 Å². The number of rotatable bonds is 5. The van der Waals surface area contributed by atoms with Crippen LogP contribution in [-0.2, 0) is 6.54 Å². The van der Waals surface area contributed by atoms with Crippen LogP contribution in [0.4, 0.5) is 0 Å². The summed E-state index contributed by atoms with van der Waals surface area (Å²) < 4.78 is 5.13. The van der Waals surface area contributed by atoms with Gasteiger partial charge in [0.2, 0.25) is 0 Å². The summed E-state index contributed by atoms with van der Waals surface area (Å²) in [5.74, 6) is 0.641. The van der Waals surface area contributed by atoms with Gasteiger partial charge in [0.05, 0.1) is 7.11 Å². The van der Waals surface area contributed by atoms with Crippen LogP contribution in [0.1, 0.15) is 24.1 Å². The standard InChI is InChI=1S/C16H19NO3/c1-11(13-4-6-14(20-2)7-5-13)17-10-12-3-8-15(18)16(19)9-12/h3-9,11,17-19H,10H2,1-2H3/t11-/m1/s1. The van der Waals surface area contributed by atoms with Crippen molar-refractivity contribution in [2.75, 3.05) is 7.11 Å². The lowest BCUT2D eigenvalue weighted by atomic mass is 10.1. The zero-order chi connectivity index (χ0) is 14.5. The van der Waals surface area contributed by atoms with Crippen LogP contribution in [0.3, 0.4) is 0 Å². The third kappa shape index (κ3) is 3.42. The van der Waals surface area contributed by atoms with Crippen LogP contribution in [-0.4, -0.2) is 17.3 Å². The van der Waals surface area contributed by atoms with E-state index in [0.29, 0.717) is 6.54 Å². The molecule has 0 saturated carbocycles. The molecule has 0 aliphatic rings. The summed E-state index contributed by atoms with van der Waals surface area (Å²) >= 11 is 0. The number of ether oxygens (including phenoxy) is 1. The Labute approximate surface area is 118 Å². The van der Waals surface area contributed by atoms with Crippen LogP contribution in [0, 0.1) is 0 Å². The highest BCUT2D eigenvalue weighted by molar-refractivity contribution is 5.40. The Kier molecular flexibility index (Phi) is 4.48. The van der Waals surface area contributed by atoms with E-state index in [9.17, 15) is 10.2 Å². The van der Waals surface area contributed by atoms with E-state index in [4.69, 9.17) is 4.74 Å². The molecule has 0 amide bonds. The molecule has 0 heterocycles. The van der Waals surface area contributed by atoms with Crippen LogP contribution in [0.2, 0.25) is 0 Å². The van der Waals surface area contributed by atoms with E-state index < -0.39 is 0 Å². The molecule has 20 heavy (non-hydrogen) atoms. The average Bonchev–Trinajstić information content (AvgIpc) is 2.48. The highest BCUT2D eigenvalue weighted by atomic mass is 16.5. The first-order chi connectivity index (χ1) is 9.60. The minimum atomic E-state index is -0.100. The maximum Gasteiger partial charge on any atom is 0.157 e. The molecule has 2 aromatic carbocycles. The maximum atomic E-state index is 9.45. The second kappa shape index (κ2) is 6.30. The first-order valence-electron chi connectivity index (χ1n) is 6.48. The summed E-state index contributed by atoms with van der Waals surface area (Å²) in [4.78, 5) is 0. The molecule has 0 aromatic heterocycles. The molecule has 2 aromatic rings. The predicted molar refractivity (Wildman–Crippen MR) is 78.0 cm³/mol. The first kappa shape index (κ1) is 14.2. The monoisotopic (exact) mass is 273 g/mol. The topological polar surface area (TPSA) is 61.7 Å². The predicted octanol–water partition coefficient (Wildman–Crippen LogP) is 2.96. The normalized spacial score (nSPS) is 12.1. The zero-order valence-electron chi connectivity index (χ0n) is 11.6. The largest absolute Gasteiger partial charge is 0.504 e. The fraction of sp³-hybridized carbons (Fsp3) is 0.250. The molecule has 2 rings (SSSR count). The van der Waals surface area contributed by atoms with Crippen molar-refractivity contribution in [3.8, 4) is 17.2 Å². The molecule has 0 aliphatic heterocycles. The molecular weight excluding hydrogens is 254 g/mol. The number of methoxy groups -OCH3 is 1. The summed E-state index contributed by atoms with van der Waals surface area (Å²) in [7, 11) is 1.65. The van der Waals surface area contributed by atoms with Gasteiger partial charge in [0.15, 0.2) is 11.5 Å². The Morgan fingerprint density at radius 2 is 1.75 bits per heavy atom. The van der Waals surface area contributed by atoms with Gasteiger partial charge in [0, 0.05) is 12.6 Å². The molecule has 0 fully saturated rings. The van der Waals surface area contributed by atoms with E-state index in [0.717, 1.165) is 16.9 Å². The van der Waals surface area contributed by atoms with E-state index in [1.54, 1.807) is 19.2 Å². The lowest BCUT2D eigenvalue weighted by molar-refractivity contribution is 0.402. The Morgan fingerprint density at radius 3 is 2.35 bits per heavy atom. The fourth-order valence-electron chi connectivity index (χ4n) is 1.96. The number of phenolic OH excluding ortho intramolecular Hbond substituents is 2. The van der Waals surface area contributed by atoms with Crippen molar-refractivity contribution in [1.29, 1.82) is 0 Å². The van der Waals surface area contributed by atoms with Gasteiger partial charge in [-0.25, -0.2) is 0 Å². The van der Waals surface area contributed by atoms with Crippen LogP contribution in [0.15, 0.2) is 42.5 Å². The molecule has 0 saturated heterocycles. The Hall–Kier alpha value is -2.20. The SMILES string of the molecule is COc1ccc([C@@H](C)NCc2ccc(O)c(O)c2)cc1. The molecule has 0 unspecified atom stereocenters. The minimum absolute atomic E-state index is 0.0959. The molecule has 0 aliphatic carbocycles. The van der Waals surface area contributed by atoms with Gasteiger partial charge in [0.25, 0.3) is 0 Å². The van der Waals surface area contributed by atoms with Gasteiger partial charge in [0.1, 0.15) is 5.75 Å². The van der Waals surface area contributed by atoms with Crippen LogP contribution in [0.5, 0.6) is 17.2 Å². The summed E-state index contributed by atoms with van der Waals surface area (Å²) in [5.41, 5.74) is 2.08. The van der Waals surface area contributed by atoms with E-state index >= 15 is 0 Å². The zero-order valence-corrected chi connectivity index (χ0v) is 11.6. The van der Waals surface area contributed by atoms with Gasteiger partial charge in [-0.15, -0.1) is 0 Å². The van der Waals surface area contributed by atoms with E-state index in [2.05, 4.69) is 12.2 Å². The molecular formula is C16H19NO3. The summed E-state index contributed by atoms with van der Waals surface area (Å²) in [5, 5.41) is 22.1. The summed E-state index contributed by atoms with van der Waals surface area (Å²) in [6.45, 7) is 2.68. The number of hydrogen-bond acceptors (Lipinski definition) is 4. The summed E-state index contributed by atoms with van der Waals surface area (Å²) in [6, 6.07) is 12.9. The van der Waals surface area contributed by atoms with Crippen molar-refractivity contribution in [2.24, 2.45) is 0 Å². The Bertz CT molecular complexity index is 566. The minimum Gasteiger partial charge on any atom is -0.504 e. The average molecular weight is 273 g/mol. The van der Waals surface area contributed by atoms with E-state index in [1.807, 2.05) is 24.3 Å². The van der Waals surface area contributed by atoms with Crippen LogP contribution in [0.25, 0.3) is 0 Å². The fourth-order valence-corrected chi connectivity index (χ4v) is 1.96. The van der Waals surface area contributed by atoms with Crippen LogP contribution >= 0.6 is 0 Å². The highest BCUT2D eigenvalue weighted by Gasteiger charge is 2.06. The molecule has 3 N–H and O–H groups in total. The van der Waals surface area contributed by atoms with Gasteiger partial charge in [-0.3, -0.25) is 0 Å². The van der Waals surface area contributed by atoms with Crippen molar-refractivity contribution >= 4 is 0 Å². The highest BCUT2D eigenvalue weighted by Crippen LogP contribution is 2.25. The number of phenols is 2. The van der Waals surface area contributed by atoms with Gasteiger partial charge in [-0.05, 0) is 42.3 Å². The molecule has 0 bridgehead atoms. The molecule has 0 spiro atoms. The van der Waals surface area contributed by atoms with Crippen molar-refractivity contribution in [1.82, 2.24) is 5.32 Å². The Morgan fingerprint density at radius 1 is 1.05 bits per heavy atom. The van der Waals surface area contributed by atoms with Gasteiger partial charge in [-0.2, -0.15) is 0 Å². The van der Waals surface area contributed by atoms with Gasteiger partial charge >= 0.3 is 0 Å². The smallest absolute Gasteiger partial charge is 0.157 e. The number of nitrogens with one attached hydrogen (secondary N) is 1. The third-order valence-corrected chi connectivity index (χ3v) is 3.27. The lowest BCUT2D eigenvalue weighted by Gasteiger charge is -2.15. The number of aromatic hydroxyl groups is 2. The first-order valence-corrected chi connectivity index (χ1v) is 6.48. The van der Waals surface area contributed by atoms with Gasteiger partial charge < -0.3 is 20.3 Å². The van der Waals surface area contributed by atoms with E-state index in [-0.39, 0.29) is 17.5 Å². The van der Waals surface area contributed by atoms with Crippen molar-refractivity contribution < 1.29 is 14.9 Å². The number of hydrogen-bond donors (Lipinski definition) is 3. The number of benzene rings is 2. The van der Waals surface area contributed by atoms with Crippen LogP contribution < -0.4 is 10.1 Å². The third-order valence-electron chi connectivity index (χ3n) is 3.27. The quantitative estimate of drug-likeness (QED) is 0.733. The second-order valence-electron chi connectivity index (χ2n) is 4.70. The molecule has 4 heteroatoms. The Balaban J connectivity index is 1.96. The second-order valence-corrected chi connectivity index (χ2v) is 4.70. The lowest BCUT2D eigenvalue weighted by Crippen LogP contribution is -2.17. The molecule has 1 atom stereocenters.